The Morgan fingerprint density at radius 2 is 1.96 bits per heavy atom. The van der Waals surface area contributed by atoms with Gasteiger partial charge in [0.2, 0.25) is 5.95 Å². The predicted molar refractivity (Wildman–Crippen MR) is 92.0 cm³/mol. The van der Waals surface area contributed by atoms with Crippen molar-refractivity contribution >= 4 is 17.7 Å². The molecule has 0 spiro atoms. The van der Waals surface area contributed by atoms with Gasteiger partial charge >= 0.3 is 0 Å². The van der Waals surface area contributed by atoms with Crippen molar-refractivity contribution in [3.8, 4) is 6.07 Å². The summed E-state index contributed by atoms with van der Waals surface area (Å²) in [7, 11) is 0. The zero-order chi connectivity index (χ0) is 16.5. The maximum atomic E-state index is 9.02. The van der Waals surface area contributed by atoms with Gasteiger partial charge in [0.05, 0.1) is 0 Å². The van der Waals surface area contributed by atoms with E-state index in [0.29, 0.717) is 11.7 Å². The molecule has 2 aliphatic rings. The van der Waals surface area contributed by atoms with Crippen LogP contribution in [0.15, 0.2) is 28.4 Å². The Kier molecular flexibility index (Phi) is 4.15. The van der Waals surface area contributed by atoms with Crippen LogP contribution in [0.3, 0.4) is 0 Å². The third-order valence-electron chi connectivity index (χ3n) is 4.66. The molecule has 0 amide bonds. The number of hydrogen-bond acceptors (Lipinski definition) is 6. The minimum absolute atomic E-state index is 0.433. The summed E-state index contributed by atoms with van der Waals surface area (Å²) in [6.45, 7) is 4.43. The van der Waals surface area contributed by atoms with E-state index in [9.17, 15) is 0 Å². The topological polar surface area (TPSA) is 70.6 Å². The van der Waals surface area contributed by atoms with E-state index in [2.05, 4.69) is 37.6 Å². The molecule has 2 aromatic heterocycles. The maximum absolute atomic E-state index is 9.02. The maximum Gasteiger partial charge on any atom is 0.228 e. The SMILES string of the molecule is CC1CCN(c2nnc(Sc3cccc(C#N)n3)n2C2CC2)CC1. The summed E-state index contributed by atoms with van der Waals surface area (Å²) < 4.78 is 2.28. The molecule has 0 atom stereocenters. The van der Waals surface area contributed by atoms with Crippen molar-refractivity contribution in [3.63, 3.8) is 0 Å². The van der Waals surface area contributed by atoms with Crippen molar-refractivity contribution in [3.05, 3.63) is 23.9 Å². The number of nitrogens with zero attached hydrogens (tertiary/aromatic N) is 6. The largest absolute Gasteiger partial charge is 0.341 e. The fraction of sp³-hybridized carbons (Fsp3) is 0.529. The van der Waals surface area contributed by atoms with Gasteiger partial charge < -0.3 is 4.90 Å². The van der Waals surface area contributed by atoms with Crippen LogP contribution in [0.25, 0.3) is 0 Å². The second kappa shape index (κ2) is 6.44. The summed E-state index contributed by atoms with van der Waals surface area (Å²) in [6.07, 6.45) is 4.81. The molecule has 0 bridgehead atoms. The molecule has 0 radical (unpaired) electrons. The van der Waals surface area contributed by atoms with Crippen LogP contribution in [0.2, 0.25) is 0 Å². The van der Waals surface area contributed by atoms with E-state index < -0.39 is 0 Å². The Morgan fingerprint density at radius 3 is 2.67 bits per heavy atom. The van der Waals surface area contributed by atoms with Crippen LogP contribution in [0.1, 0.15) is 44.3 Å². The van der Waals surface area contributed by atoms with Crippen molar-refractivity contribution in [1.82, 2.24) is 19.7 Å². The van der Waals surface area contributed by atoms with Crippen molar-refractivity contribution in [2.45, 2.75) is 48.8 Å². The minimum atomic E-state index is 0.433. The first kappa shape index (κ1) is 15.5. The molecule has 24 heavy (non-hydrogen) atoms. The summed E-state index contributed by atoms with van der Waals surface area (Å²) in [4.78, 5) is 6.72. The lowest BCUT2D eigenvalue weighted by Crippen LogP contribution is -2.34. The first-order valence-corrected chi connectivity index (χ1v) is 9.31. The average Bonchev–Trinajstić information content (AvgIpc) is 3.37. The van der Waals surface area contributed by atoms with Gasteiger partial charge in [0.1, 0.15) is 16.8 Å². The lowest BCUT2D eigenvalue weighted by Gasteiger charge is -2.31. The van der Waals surface area contributed by atoms with Crippen molar-refractivity contribution in [1.29, 1.82) is 5.26 Å². The smallest absolute Gasteiger partial charge is 0.228 e. The monoisotopic (exact) mass is 340 g/mol. The predicted octanol–water partition coefficient (Wildman–Crippen LogP) is 3.27. The summed E-state index contributed by atoms with van der Waals surface area (Å²) >= 11 is 1.50. The second-order valence-electron chi connectivity index (χ2n) is 6.63. The molecule has 0 N–H and O–H groups in total. The number of rotatable bonds is 4. The summed E-state index contributed by atoms with van der Waals surface area (Å²) in [5.41, 5.74) is 0.433. The highest BCUT2D eigenvalue weighted by molar-refractivity contribution is 7.99. The van der Waals surface area contributed by atoms with Gasteiger partial charge in [-0.3, -0.25) is 4.57 Å². The van der Waals surface area contributed by atoms with E-state index in [-0.39, 0.29) is 0 Å². The lowest BCUT2D eigenvalue weighted by molar-refractivity contribution is 0.429. The van der Waals surface area contributed by atoms with Crippen molar-refractivity contribution in [2.24, 2.45) is 5.92 Å². The molecule has 3 heterocycles. The molecule has 1 aliphatic heterocycles. The second-order valence-corrected chi connectivity index (χ2v) is 7.62. The third kappa shape index (κ3) is 3.11. The van der Waals surface area contributed by atoms with Crippen LogP contribution in [0.4, 0.5) is 5.95 Å². The normalized spacial score (nSPS) is 18.6. The van der Waals surface area contributed by atoms with Crippen LogP contribution in [0.5, 0.6) is 0 Å². The summed E-state index contributed by atoms with van der Waals surface area (Å²) in [5.74, 6) is 1.80. The zero-order valence-corrected chi connectivity index (χ0v) is 14.5. The quantitative estimate of drug-likeness (QED) is 0.851. The highest BCUT2D eigenvalue weighted by Crippen LogP contribution is 2.42. The molecule has 2 aromatic rings. The fourth-order valence-corrected chi connectivity index (χ4v) is 3.93. The first-order chi connectivity index (χ1) is 11.7. The molecule has 2 fully saturated rings. The summed E-state index contributed by atoms with van der Waals surface area (Å²) in [6, 6.07) is 8.09. The van der Waals surface area contributed by atoms with Gasteiger partial charge in [-0.1, -0.05) is 13.0 Å². The van der Waals surface area contributed by atoms with Crippen LogP contribution < -0.4 is 4.90 Å². The highest BCUT2D eigenvalue weighted by atomic mass is 32.2. The molecule has 0 unspecified atom stereocenters. The Labute approximate surface area is 145 Å². The third-order valence-corrected chi connectivity index (χ3v) is 5.56. The molecular formula is C17H20N6S. The minimum Gasteiger partial charge on any atom is -0.341 e. The first-order valence-electron chi connectivity index (χ1n) is 8.49. The van der Waals surface area contributed by atoms with Gasteiger partial charge in [-0.25, -0.2) is 4.98 Å². The lowest BCUT2D eigenvalue weighted by atomic mass is 10.00. The van der Waals surface area contributed by atoms with E-state index in [0.717, 1.165) is 35.1 Å². The molecule has 1 saturated heterocycles. The van der Waals surface area contributed by atoms with Gasteiger partial charge in [-0.15, -0.1) is 10.2 Å². The summed E-state index contributed by atoms with van der Waals surface area (Å²) in [5, 5.41) is 19.6. The molecule has 4 rings (SSSR count). The number of piperidine rings is 1. The van der Waals surface area contributed by atoms with E-state index in [1.54, 1.807) is 6.07 Å². The van der Waals surface area contributed by atoms with Crippen LogP contribution in [-0.2, 0) is 0 Å². The number of pyridine rings is 1. The molecule has 1 saturated carbocycles. The molecule has 0 aromatic carbocycles. The van der Waals surface area contributed by atoms with Crippen LogP contribution in [-0.4, -0.2) is 32.8 Å². The van der Waals surface area contributed by atoms with Gasteiger partial charge in [-0.05, 0) is 55.5 Å². The Balaban J connectivity index is 1.61. The number of anilines is 1. The van der Waals surface area contributed by atoms with E-state index in [4.69, 9.17) is 5.26 Å². The standard InChI is InChI=1S/C17H20N6S/c1-12-7-9-22(10-8-12)16-20-21-17(23(16)14-5-6-14)24-15-4-2-3-13(11-18)19-15/h2-4,12,14H,5-10H2,1H3. The Bertz CT molecular complexity index is 768. The molecule has 124 valence electrons. The molecule has 1 aliphatic carbocycles. The van der Waals surface area contributed by atoms with Crippen molar-refractivity contribution in [2.75, 3.05) is 18.0 Å². The van der Waals surface area contributed by atoms with Crippen molar-refractivity contribution < 1.29 is 0 Å². The Hall–Kier alpha value is -2.07. The average molecular weight is 340 g/mol. The van der Waals surface area contributed by atoms with Gasteiger partial charge in [0, 0.05) is 19.1 Å². The van der Waals surface area contributed by atoms with Crippen LogP contribution in [0, 0.1) is 17.2 Å². The number of aromatic nitrogens is 4. The highest BCUT2D eigenvalue weighted by Gasteiger charge is 2.32. The molecular weight excluding hydrogens is 320 g/mol. The van der Waals surface area contributed by atoms with E-state index in [1.807, 2.05) is 12.1 Å². The van der Waals surface area contributed by atoms with E-state index in [1.165, 1.54) is 37.4 Å². The van der Waals surface area contributed by atoms with Gasteiger partial charge in [0.25, 0.3) is 0 Å². The molecule has 7 heteroatoms. The number of hydrogen-bond donors (Lipinski definition) is 0. The Morgan fingerprint density at radius 1 is 1.17 bits per heavy atom. The van der Waals surface area contributed by atoms with Crippen LogP contribution >= 0.6 is 11.8 Å². The fourth-order valence-electron chi connectivity index (χ4n) is 3.04. The number of nitriles is 1. The zero-order valence-electron chi connectivity index (χ0n) is 13.7. The van der Waals surface area contributed by atoms with Gasteiger partial charge in [-0.2, -0.15) is 5.26 Å². The molecule has 6 nitrogen and oxygen atoms in total. The van der Waals surface area contributed by atoms with E-state index >= 15 is 0 Å². The van der Waals surface area contributed by atoms with Gasteiger partial charge in [0.15, 0.2) is 5.16 Å².